The van der Waals surface area contributed by atoms with Gasteiger partial charge in [-0.25, -0.2) is 10.5 Å². The molecule has 7 nitrogen and oxygen atoms in total. The van der Waals surface area contributed by atoms with Gasteiger partial charge in [0, 0.05) is 35.6 Å². The normalized spacial score (nSPS) is 13.5. The first kappa shape index (κ1) is 19.8. The zero-order chi connectivity index (χ0) is 20.9. The Hall–Kier alpha value is -3.55. The van der Waals surface area contributed by atoms with E-state index in [1.807, 2.05) is 24.3 Å². The van der Waals surface area contributed by atoms with Crippen molar-refractivity contribution in [2.45, 2.75) is 12.8 Å². The molecule has 4 rings (SSSR count). The Balaban J connectivity index is 1.63. The third-order valence-corrected chi connectivity index (χ3v) is 5.12. The van der Waals surface area contributed by atoms with Crippen LogP contribution in [0.15, 0.2) is 66.6 Å². The van der Waals surface area contributed by atoms with Crippen molar-refractivity contribution in [2.75, 3.05) is 13.2 Å². The van der Waals surface area contributed by atoms with E-state index >= 15 is 0 Å². The van der Waals surface area contributed by atoms with Crippen LogP contribution in [0.4, 0.5) is 0 Å². The van der Waals surface area contributed by atoms with E-state index in [1.54, 1.807) is 30.0 Å². The number of hydroxylamine groups is 1. The number of pyridine rings is 2. The molecule has 152 valence electrons. The molecular weight excluding hydrogens is 380 g/mol. The predicted molar refractivity (Wildman–Crippen MR) is 115 cm³/mol. The van der Waals surface area contributed by atoms with Crippen molar-refractivity contribution in [3.63, 3.8) is 0 Å². The molecule has 0 unspecified atom stereocenters. The van der Waals surface area contributed by atoms with E-state index in [2.05, 4.69) is 27.4 Å². The van der Waals surface area contributed by atoms with Gasteiger partial charge in [0.25, 0.3) is 5.91 Å². The van der Waals surface area contributed by atoms with Crippen LogP contribution >= 0.6 is 0 Å². The third-order valence-electron chi connectivity index (χ3n) is 5.12. The molecule has 1 amide bonds. The number of aliphatic hydroxyl groups is 1. The summed E-state index contributed by atoms with van der Waals surface area (Å²) in [4.78, 5) is 20.8. The fourth-order valence-electron chi connectivity index (χ4n) is 3.56. The summed E-state index contributed by atoms with van der Waals surface area (Å²) in [5, 5.41) is 21.8. The Kier molecular flexibility index (Phi) is 5.83. The zero-order valence-electron chi connectivity index (χ0n) is 16.3. The molecule has 0 fully saturated rings. The Bertz CT molecular complexity index is 1140. The topological polar surface area (TPSA) is 107 Å². The first-order valence-electron chi connectivity index (χ1n) is 9.74. The van der Waals surface area contributed by atoms with Gasteiger partial charge in [-0.3, -0.25) is 15.0 Å². The van der Waals surface area contributed by atoms with Gasteiger partial charge >= 0.3 is 0 Å². The Morgan fingerprint density at radius 3 is 2.57 bits per heavy atom. The summed E-state index contributed by atoms with van der Waals surface area (Å²) >= 11 is 0. The number of nitrogens with one attached hydrogen (secondary N) is 2. The minimum Gasteiger partial charge on any atom is -0.395 e. The molecule has 30 heavy (non-hydrogen) atoms. The second kappa shape index (κ2) is 8.86. The van der Waals surface area contributed by atoms with Gasteiger partial charge in [0.2, 0.25) is 0 Å². The quantitative estimate of drug-likeness (QED) is 0.373. The highest BCUT2D eigenvalue weighted by atomic mass is 16.5. The van der Waals surface area contributed by atoms with E-state index in [1.165, 1.54) is 5.57 Å². The van der Waals surface area contributed by atoms with Crippen LogP contribution in [0, 0.1) is 0 Å². The monoisotopic (exact) mass is 402 g/mol. The highest BCUT2D eigenvalue weighted by Gasteiger charge is 2.14. The van der Waals surface area contributed by atoms with Crippen LogP contribution < -0.4 is 10.8 Å². The van der Waals surface area contributed by atoms with E-state index in [9.17, 15) is 4.79 Å². The second-order valence-electron chi connectivity index (χ2n) is 7.00. The van der Waals surface area contributed by atoms with E-state index in [-0.39, 0.29) is 6.61 Å². The number of carbonyl (C=O) groups excluding carboxylic acids is 1. The summed E-state index contributed by atoms with van der Waals surface area (Å²) in [5.41, 5.74) is 7.68. The smallest absolute Gasteiger partial charge is 0.275 e. The molecule has 0 radical (unpaired) electrons. The highest BCUT2D eigenvalue weighted by Crippen LogP contribution is 2.29. The molecular formula is C23H22N4O3. The largest absolute Gasteiger partial charge is 0.395 e. The maximum atomic E-state index is 12.1. The van der Waals surface area contributed by atoms with Gasteiger partial charge in [0.05, 0.1) is 23.4 Å². The van der Waals surface area contributed by atoms with Gasteiger partial charge in [-0.2, -0.15) is 0 Å². The molecule has 0 bridgehead atoms. The summed E-state index contributed by atoms with van der Waals surface area (Å²) < 4.78 is 0. The van der Waals surface area contributed by atoms with Gasteiger partial charge in [0.15, 0.2) is 0 Å². The van der Waals surface area contributed by atoms with Crippen LogP contribution in [0.25, 0.3) is 27.7 Å². The number of amides is 1. The molecule has 0 aliphatic heterocycles. The first-order chi connectivity index (χ1) is 14.7. The number of fused-ring (bicyclic) bond motifs is 1. The van der Waals surface area contributed by atoms with Gasteiger partial charge < -0.3 is 10.4 Å². The highest BCUT2D eigenvalue weighted by molar-refractivity contribution is 6.06. The van der Waals surface area contributed by atoms with Gasteiger partial charge in [-0.15, -0.1) is 0 Å². The fraction of sp³-hybridized carbons (Fsp3) is 0.174. The number of carbonyl (C=O) groups is 1. The molecule has 2 heterocycles. The van der Waals surface area contributed by atoms with Crippen LogP contribution in [0.2, 0.25) is 0 Å². The Morgan fingerprint density at radius 2 is 1.87 bits per heavy atom. The summed E-state index contributed by atoms with van der Waals surface area (Å²) in [6.45, 7) is 0.686. The second-order valence-corrected chi connectivity index (χ2v) is 7.00. The van der Waals surface area contributed by atoms with Crippen LogP contribution in [-0.2, 0) is 0 Å². The number of benzene rings is 1. The molecule has 3 aromatic rings. The van der Waals surface area contributed by atoms with E-state index < -0.39 is 5.91 Å². The third kappa shape index (κ3) is 4.07. The molecule has 2 aromatic heterocycles. The minimum atomic E-state index is -0.599. The van der Waals surface area contributed by atoms with E-state index in [0.717, 1.165) is 29.7 Å². The molecule has 0 saturated carbocycles. The summed E-state index contributed by atoms with van der Waals surface area (Å²) in [5.74, 6) is -0.599. The van der Waals surface area contributed by atoms with Crippen LogP contribution in [0.1, 0.15) is 28.8 Å². The van der Waals surface area contributed by atoms with Crippen molar-refractivity contribution in [2.24, 2.45) is 0 Å². The molecule has 1 aliphatic rings. The number of allylic oxidation sites excluding steroid dienone is 4. The number of aliphatic hydroxyl groups excluding tert-OH is 1. The van der Waals surface area contributed by atoms with Crippen molar-refractivity contribution in [3.05, 3.63) is 77.8 Å². The lowest BCUT2D eigenvalue weighted by molar-refractivity contribution is 0.0708. The fourth-order valence-corrected chi connectivity index (χ4v) is 3.56. The minimum absolute atomic E-state index is 0.121. The van der Waals surface area contributed by atoms with Crippen molar-refractivity contribution in [1.82, 2.24) is 20.8 Å². The number of rotatable bonds is 6. The molecule has 7 heteroatoms. The lowest BCUT2D eigenvalue weighted by atomic mass is 9.94. The van der Waals surface area contributed by atoms with Crippen molar-refractivity contribution in [1.29, 1.82) is 0 Å². The van der Waals surface area contributed by atoms with E-state index in [4.69, 9.17) is 10.3 Å². The average molecular weight is 402 g/mol. The van der Waals surface area contributed by atoms with Gasteiger partial charge in [-0.05, 0) is 42.2 Å². The standard InChI is InChI=1S/C23H22N4O3/c28-12-11-25-18-7-5-16(6-8-18)15-1-3-17(4-2-15)22-13-19(23(29)27-30)20-14-24-10-9-21(20)26-22/h1-5,7,9-10,13-14,25,28,30H,6,8,11-12H2,(H,27,29). The first-order valence-corrected chi connectivity index (χ1v) is 9.74. The van der Waals surface area contributed by atoms with Crippen LogP contribution in [0.3, 0.4) is 0 Å². The van der Waals surface area contributed by atoms with Crippen molar-refractivity contribution >= 4 is 22.4 Å². The number of hydrogen-bond acceptors (Lipinski definition) is 6. The lowest BCUT2D eigenvalue weighted by Crippen LogP contribution is -2.19. The molecule has 0 atom stereocenters. The SMILES string of the molecule is O=C(NO)c1cc(-c2ccc(C3=CC=C(NCCO)CC3)cc2)nc2ccncc12. The summed E-state index contributed by atoms with van der Waals surface area (Å²) in [6.07, 6.45) is 9.17. The molecule has 0 saturated heterocycles. The average Bonchev–Trinajstić information content (AvgIpc) is 2.82. The molecule has 1 aromatic carbocycles. The van der Waals surface area contributed by atoms with Crippen LogP contribution in [-0.4, -0.2) is 39.3 Å². The maximum absolute atomic E-state index is 12.1. The van der Waals surface area contributed by atoms with Crippen molar-refractivity contribution < 1.29 is 15.1 Å². The number of nitrogens with zero attached hydrogens (tertiary/aromatic N) is 2. The maximum Gasteiger partial charge on any atom is 0.275 e. The number of hydrogen-bond donors (Lipinski definition) is 4. The molecule has 1 aliphatic carbocycles. The van der Waals surface area contributed by atoms with Gasteiger partial charge in [0.1, 0.15) is 0 Å². The Morgan fingerprint density at radius 1 is 1.07 bits per heavy atom. The molecule has 4 N–H and O–H groups in total. The number of aromatic nitrogens is 2. The van der Waals surface area contributed by atoms with Crippen LogP contribution in [0.5, 0.6) is 0 Å². The molecule has 0 spiro atoms. The van der Waals surface area contributed by atoms with E-state index in [0.29, 0.717) is 28.7 Å². The Labute approximate surface area is 173 Å². The van der Waals surface area contributed by atoms with Gasteiger partial charge in [-0.1, -0.05) is 30.3 Å². The lowest BCUT2D eigenvalue weighted by Gasteiger charge is -2.16. The summed E-state index contributed by atoms with van der Waals surface area (Å²) in [7, 11) is 0. The summed E-state index contributed by atoms with van der Waals surface area (Å²) in [6, 6.07) is 11.5. The zero-order valence-corrected chi connectivity index (χ0v) is 16.3. The predicted octanol–water partition coefficient (Wildman–Crippen LogP) is 3.06. The van der Waals surface area contributed by atoms with Crippen molar-refractivity contribution in [3.8, 4) is 11.3 Å².